The van der Waals surface area contributed by atoms with E-state index in [1.807, 2.05) is 5.32 Å². The Kier molecular flexibility index (Phi) is 4.36. The van der Waals surface area contributed by atoms with Crippen LogP contribution >= 0.6 is 0 Å². The molecule has 5 nitrogen and oxygen atoms in total. The summed E-state index contributed by atoms with van der Waals surface area (Å²) in [6.07, 6.45) is 1.94. The van der Waals surface area contributed by atoms with E-state index >= 15 is 0 Å². The zero-order valence-corrected chi connectivity index (χ0v) is 6.90. The summed E-state index contributed by atoms with van der Waals surface area (Å²) in [5.74, 6) is -0.700. The quantitative estimate of drug-likeness (QED) is 0.252. The van der Waals surface area contributed by atoms with Gasteiger partial charge in [-0.1, -0.05) is 0 Å². The predicted molar refractivity (Wildman–Crippen MR) is 42.0 cm³/mol. The Morgan fingerprint density at radius 1 is 1.33 bits per heavy atom. The molecule has 12 heavy (non-hydrogen) atoms. The highest BCUT2D eigenvalue weighted by molar-refractivity contribution is 6.13. The third-order valence-corrected chi connectivity index (χ3v) is 0.976. The van der Waals surface area contributed by atoms with Gasteiger partial charge in [-0.15, -0.1) is 0 Å². The van der Waals surface area contributed by atoms with Gasteiger partial charge in [0.2, 0.25) is 6.41 Å². The minimum absolute atomic E-state index is 0.0906. The average Bonchev–Trinajstić information content (AvgIpc) is 2.00. The summed E-state index contributed by atoms with van der Waals surface area (Å²) >= 11 is 0. The second-order valence-electron chi connectivity index (χ2n) is 2.26. The van der Waals surface area contributed by atoms with E-state index in [-0.39, 0.29) is 12.0 Å². The van der Waals surface area contributed by atoms with Crippen molar-refractivity contribution >= 4 is 18.6 Å². The molecule has 0 aromatic rings. The normalized spacial score (nSPS) is 10.3. The Balaban J connectivity index is 4.43. The van der Waals surface area contributed by atoms with Crippen LogP contribution in [0.1, 0.15) is 0 Å². The number of aldehydes is 1. The smallest absolute Gasteiger partial charge is 0.262 e. The van der Waals surface area contributed by atoms with Crippen molar-refractivity contribution < 1.29 is 14.4 Å². The number of imide groups is 1. The Morgan fingerprint density at radius 3 is 2.25 bits per heavy atom. The summed E-state index contributed by atoms with van der Waals surface area (Å²) in [5, 5.41) is 1.86. The number of carbonyl (C=O) groups excluding carboxylic acids is 3. The first-order chi connectivity index (χ1) is 5.61. The van der Waals surface area contributed by atoms with E-state index in [1.165, 1.54) is 11.1 Å². The first kappa shape index (κ1) is 10.3. The molecule has 0 aliphatic carbocycles. The molecule has 0 radical (unpaired) electrons. The van der Waals surface area contributed by atoms with Gasteiger partial charge >= 0.3 is 0 Å². The first-order valence-corrected chi connectivity index (χ1v) is 3.19. The second-order valence-corrected chi connectivity index (χ2v) is 2.26. The maximum Gasteiger partial charge on any atom is 0.262 e. The molecule has 0 saturated carbocycles. The first-order valence-electron chi connectivity index (χ1n) is 3.19. The molecule has 0 aliphatic rings. The maximum atomic E-state index is 10.8. The van der Waals surface area contributed by atoms with Gasteiger partial charge in [-0.3, -0.25) is 19.7 Å². The largest absolute Gasteiger partial charge is 0.383 e. The van der Waals surface area contributed by atoms with Crippen LogP contribution in [-0.4, -0.2) is 37.6 Å². The van der Waals surface area contributed by atoms with E-state index in [0.29, 0.717) is 6.29 Å². The molecule has 0 aromatic heterocycles. The van der Waals surface area contributed by atoms with Gasteiger partial charge in [0.1, 0.15) is 0 Å². The summed E-state index contributed by atoms with van der Waals surface area (Å²) in [7, 11) is 3.33. The Bertz CT molecular complexity index is 221. The van der Waals surface area contributed by atoms with Gasteiger partial charge in [0.05, 0.1) is 5.57 Å². The molecule has 1 N–H and O–H groups in total. The highest BCUT2D eigenvalue weighted by Crippen LogP contribution is 1.90. The second kappa shape index (κ2) is 5.06. The van der Waals surface area contributed by atoms with E-state index in [2.05, 4.69) is 0 Å². The van der Waals surface area contributed by atoms with Crippen LogP contribution in [0.15, 0.2) is 11.8 Å². The molecular formula is C7H10N2O3. The molecule has 0 fully saturated rings. The molecule has 0 rings (SSSR count). The van der Waals surface area contributed by atoms with Crippen molar-refractivity contribution in [3.63, 3.8) is 0 Å². The zero-order valence-electron chi connectivity index (χ0n) is 6.90. The van der Waals surface area contributed by atoms with Crippen molar-refractivity contribution in [1.82, 2.24) is 10.2 Å². The minimum Gasteiger partial charge on any atom is -0.383 e. The fourth-order valence-corrected chi connectivity index (χ4v) is 0.558. The van der Waals surface area contributed by atoms with Crippen LogP contribution in [0.4, 0.5) is 0 Å². The Hall–Kier alpha value is -1.65. The third-order valence-electron chi connectivity index (χ3n) is 0.976. The number of hydrogen-bond acceptors (Lipinski definition) is 4. The van der Waals surface area contributed by atoms with Crippen molar-refractivity contribution in [1.29, 1.82) is 0 Å². The molecular weight excluding hydrogens is 160 g/mol. The third kappa shape index (κ3) is 3.50. The van der Waals surface area contributed by atoms with Crippen molar-refractivity contribution in [2.24, 2.45) is 0 Å². The van der Waals surface area contributed by atoms with Crippen LogP contribution in [0.3, 0.4) is 0 Å². The van der Waals surface area contributed by atoms with Crippen LogP contribution in [0.2, 0.25) is 0 Å². The number of amides is 2. The standard InChI is InChI=1S/C7H10N2O3/c1-9(2)3-6(4-10)7(12)8-5-11/h3-5H,1-2H3,(H,8,11,12). The summed E-state index contributed by atoms with van der Waals surface area (Å²) in [5.41, 5.74) is -0.0906. The molecule has 0 spiro atoms. The van der Waals surface area contributed by atoms with Gasteiger partial charge in [-0.25, -0.2) is 0 Å². The van der Waals surface area contributed by atoms with Gasteiger partial charge < -0.3 is 4.90 Å². The van der Waals surface area contributed by atoms with Gasteiger partial charge in [-0.05, 0) is 0 Å². The zero-order chi connectivity index (χ0) is 9.56. The molecule has 0 aromatic carbocycles. The lowest BCUT2D eigenvalue weighted by Gasteiger charge is -2.05. The van der Waals surface area contributed by atoms with E-state index in [9.17, 15) is 14.4 Å². The molecule has 2 amide bonds. The number of nitrogens with zero attached hydrogens (tertiary/aromatic N) is 1. The Labute approximate surface area is 70.0 Å². The minimum atomic E-state index is -0.700. The fraction of sp³-hybridized carbons (Fsp3) is 0.286. The lowest BCUT2D eigenvalue weighted by molar-refractivity contribution is -0.123. The SMILES string of the molecule is CN(C)C=C(C=O)C(=O)NC=O. The van der Waals surface area contributed by atoms with E-state index in [4.69, 9.17) is 0 Å². The van der Waals surface area contributed by atoms with Crippen molar-refractivity contribution in [3.8, 4) is 0 Å². The predicted octanol–water partition coefficient (Wildman–Crippen LogP) is -1.10. The highest BCUT2D eigenvalue weighted by Gasteiger charge is 2.06. The number of carbonyl (C=O) groups is 3. The molecule has 0 atom stereocenters. The van der Waals surface area contributed by atoms with Gasteiger partial charge in [-0.2, -0.15) is 0 Å². The van der Waals surface area contributed by atoms with Crippen LogP contribution in [0.25, 0.3) is 0 Å². The summed E-state index contributed by atoms with van der Waals surface area (Å²) in [6, 6.07) is 0. The summed E-state index contributed by atoms with van der Waals surface area (Å²) in [4.78, 5) is 32.5. The lowest BCUT2D eigenvalue weighted by atomic mass is 10.3. The van der Waals surface area contributed by atoms with Crippen LogP contribution in [0, 0.1) is 0 Å². The molecule has 66 valence electrons. The van der Waals surface area contributed by atoms with Gasteiger partial charge in [0, 0.05) is 20.3 Å². The lowest BCUT2D eigenvalue weighted by Crippen LogP contribution is -2.25. The van der Waals surface area contributed by atoms with Gasteiger partial charge in [0.15, 0.2) is 6.29 Å². The van der Waals surface area contributed by atoms with E-state index < -0.39 is 5.91 Å². The van der Waals surface area contributed by atoms with Gasteiger partial charge in [0.25, 0.3) is 5.91 Å². The van der Waals surface area contributed by atoms with Crippen LogP contribution in [0.5, 0.6) is 0 Å². The summed E-state index contributed by atoms with van der Waals surface area (Å²) < 4.78 is 0. The number of nitrogens with one attached hydrogen (secondary N) is 1. The highest BCUT2D eigenvalue weighted by atomic mass is 16.2. The molecule has 5 heteroatoms. The number of hydrogen-bond donors (Lipinski definition) is 1. The maximum absolute atomic E-state index is 10.8. The van der Waals surface area contributed by atoms with Crippen molar-refractivity contribution in [2.75, 3.05) is 14.1 Å². The Morgan fingerprint density at radius 2 is 1.92 bits per heavy atom. The van der Waals surface area contributed by atoms with E-state index in [1.54, 1.807) is 14.1 Å². The molecule has 0 heterocycles. The molecule has 0 unspecified atom stereocenters. The molecule has 0 saturated heterocycles. The van der Waals surface area contributed by atoms with Crippen LogP contribution < -0.4 is 5.32 Å². The molecule has 0 bridgehead atoms. The van der Waals surface area contributed by atoms with Crippen molar-refractivity contribution in [2.45, 2.75) is 0 Å². The van der Waals surface area contributed by atoms with Crippen LogP contribution in [-0.2, 0) is 14.4 Å². The number of rotatable bonds is 4. The van der Waals surface area contributed by atoms with E-state index in [0.717, 1.165) is 0 Å². The monoisotopic (exact) mass is 170 g/mol. The summed E-state index contributed by atoms with van der Waals surface area (Å²) in [6.45, 7) is 0. The average molecular weight is 170 g/mol. The topological polar surface area (TPSA) is 66.5 Å². The molecule has 0 aliphatic heterocycles. The fourth-order valence-electron chi connectivity index (χ4n) is 0.558. The van der Waals surface area contributed by atoms with Crippen molar-refractivity contribution in [3.05, 3.63) is 11.8 Å².